The van der Waals surface area contributed by atoms with E-state index in [0.29, 0.717) is 11.8 Å². The zero-order valence-corrected chi connectivity index (χ0v) is 15.7. The van der Waals surface area contributed by atoms with Crippen molar-refractivity contribution in [3.8, 4) is 0 Å². The highest BCUT2D eigenvalue weighted by Crippen LogP contribution is 2.30. The Morgan fingerprint density at radius 2 is 1.17 bits per heavy atom. The molecule has 2 rings (SSSR count). The molecule has 0 amide bonds. The lowest BCUT2D eigenvalue weighted by atomic mass is 9.87. The molecule has 1 atom stereocenters. The predicted octanol–water partition coefficient (Wildman–Crippen LogP) is 6.51. The van der Waals surface area contributed by atoms with Gasteiger partial charge in [0.15, 0.2) is 0 Å². The van der Waals surface area contributed by atoms with Crippen molar-refractivity contribution in [2.24, 2.45) is 5.92 Å². The van der Waals surface area contributed by atoms with Gasteiger partial charge in [-0.25, -0.2) is 0 Å². The van der Waals surface area contributed by atoms with Crippen LogP contribution in [0.2, 0.25) is 0 Å². The number of benzene rings is 2. The van der Waals surface area contributed by atoms with Crippen LogP contribution in [0.4, 0.5) is 11.4 Å². The lowest BCUT2D eigenvalue weighted by molar-refractivity contribution is 0.535. The zero-order chi connectivity index (χ0) is 17.2. The standard InChI is InChI=1S/C22H31N/c1-16(2)17(3)18-8-12-20(13-9-18)23(7)21-14-10-19(11-15-21)22(4,5)6/h8-17H,1-7H3. The molecule has 0 aliphatic rings. The van der Waals surface area contributed by atoms with E-state index >= 15 is 0 Å². The summed E-state index contributed by atoms with van der Waals surface area (Å²) in [6.45, 7) is 13.6. The van der Waals surface area contributed by atoms with Gasteiger partial charge in [0, 0.05) is 18.4 Å². The Hall–Kier alpha value is -1.76. The van der Waals surface area contributed by atoms with Crippen molar-refractivity contribution in [3.63, 3.8) is 0 Å². The van der Waals surface area contributed by atoms with Crippen LogP contribution in [0.25, 0.3) is 0 Å². The largest absolute Gasteiger partial charge is 0.345 e. The monoisotopic (exact) mass is 309 g/mol. The van der Waals surface area contributed by atoms with Gasteiger partial charge in [0.05, 0.1) is 0 Å². The average molecular weight is 309 g/mol. The van der Waals surface area contributed by atoms with Gasteiger partial charge in [-0.1, -0.05) is 65.8 Å². The third-order valence-corrected chi connectivity index (χ3v) is 4.93. The van der Waals surface area contributed by atoms with Crippen LogP contribution in [0.3, 0.4) is 0 Å². The summed E-state index contributed by atoms with van der Waals surface area (Å²) in [4.78, 5) is 2.25. The minimum absolute atomic E-state index is 0.200. The molecule has 2 aromatic rings. The molecule has 2 aromatic carbocycles. The van der Waals surface area contributed by atoms with E-state index in [2.05, 4.69) is 102 Å². The molecule has 0 bridgehead atoms. The maximum atomic E-state index is 2.30. The minimum atomic E-state index is 0.200. The van der Waals surface area contributed by atoms with Gasteiger partial charge in [-0.05, 0) is 52.6 Å². The van der Waals surface area contributed by atoms with Crippen molar-refractivity contribution in [1.82, 2.24) is 0 Å². The van der Waals surface area contributed by atoms with Gasteiger partial charge in [0.1, 0.15) is 0 Å². The Morgan fingerprint density at radius 3 is 1.57 bits per heavy atom. The van der Waals surface area contributed by atoms with Crippen LogP contribution in [0, 0.1) is 5.92 Å². The molecule has 124 valence electrons. The first-order chi connectivity index (χ1) is 10.7. The first kappa shape index (κ1) is 17.6. The molecule has 0 radical (unpaired) electrons. The molecule has 23 heavy (non-hydrogen) atoms. The van der Waals surface area contributed by atoms with Crippen molar-refractivity contribution in [1.29, 1.82) is 0 Å². The Morgan fingerprint density at radius 1 is 0.739 bits per heavy atom. The van der Waals surface area contributed by atoms with Crippen LogP contribution in [0.5, 0.6) is 0 Å². The molecule has 0 heterocycles. The molecular weight excluding hydrogens is 278 g/mol. The van der Waals surface area contributed by atoms with Crippen molar-refractivity contribution in [2.45, 2.75) is 52.9 Å². The molecule has 1 heteroatoms. The molecule has 0 fully saturated rings. The van der Waals surface area contributed by atoms with E-state index in [9.17, 15) is 0 Å². The van der Waals surface area contributed by atoms with Gasteiger partial charge in [0.2, 0.25) is 0 Å². The van der Waals surface area contributed by atoms with Crippen molar-refractivity contribution >= 4 is 11.4 Å². The van der Waals surface area contributed by atoms with Crippen molar-refractivity contribution in [3.05, 3.63) is 59.7 Å². The van der Waals surface area contributed by atoms with Crippen molar-refractivity contribution < 1.29 is 0 Å². The Bertz CT molecular complexity index is 615. The molecule has 0 saturated carbocycles. The topological polar surface area (TPSA) is 3.24 Å². The van der Waals surface area contributed by atoms with Crippen LogP contribution >= 0.6 is 0 Å². The zero-order valence-electron chi connectivity index (χ0n) is 15.7. The van der Waals surface area contributed by atoms with E-state index in [1.807, 2.05) is 0 Å². The maximum Gasteiger partial charge on any atom is 0.0408 e. The summed E-state index contributed by atoms with van der Waals surface area (Å²) in [5.74, 6) is 1.27. The van der Waals surface area contributed by atoms with Crippen LogP contribution in [0.1, 0.15) is 58.6 Å². The SMILES string of the molecule is CC(C)C(C)c1ccc(N(C)c2ccc(C(C)(C)C)cc2)cc1. The second-order valence-corrected chi connectivity index (χ2v) is 7.98. The lowest BCUT2D eigenvalue weighted by Crippen LogP contribution is -2.13. The molecule has 0 saturated heterocycles. The summed E-state index contributed by atoms with van der Waals surface area (Å²) in [5, 5.41) is 0. The number of anilines is 2. The fourth-order valence-electron chi connectivity index (χ4n) is 2.72. The molecule has 0 aliphatic heterocycles. The van der Waals surface area contributed by atoms with Crippen molar-refractivity contribution in [2.75, 3.05) is 11.9 Å². The molecule has 0 N–H and O–H groups in total. The fraction of sp³-hybridized carbons (Fsp3) is 0.455. The third kappa shape index (κ3) is 4.16. The maximum absolute atomic E-state index is 2.30. The Balaban J connectivity index is 2.18. The Labute approximate surface area is 142 Å². The van der Waals surface area contributed by atoms with Crippen LogP contribution in [-0.2, 0) is 5.41 Å². The van der Waals surface area contributed by atoms with Gasteiger partial charge in [-0.2, -0.15) is 0 Å². The second kappa shape index (κ2) is 6.78. The molecule has 0 spiro atoms. The highest BCUT2D eigenvalue weighted by Gasteiger charge is 2.14. The van der Waals surface area contributed by atoms with Gasteiger partial charge in [0.25, 0.3) is 0 Å². The van der Waals surface area contributed by atoms with E-state index in [-0.39, 0.29) is 5.41 Å². The van der Waals surface area contributed by atoms with Crippen LogP contribution < -0.4 is 4.90 Å². The second-order valence-electron chi connectivity index (χ2n) is 7.98. The summed E-state index contributed by atoms with van der Waals surface area (Å²) in [5.41, 5.74) is 5.44. The van der Waals surface area contributed by atoms with Gasteiger partial charge < -0.3 is 4.90 Å². The molecular formula is C22H31N. The first-order valence-electron chi connectivity index (χ1n) is 8.64. The number of hydrogen-bond acceptors (Lipinski definition) is 1. The summed E-state index contributed by atoms with van der Waals surface area (Å²) in [6, 6.07) is 17.9. The molecule has 0 aliphatic carbocycles. The van der Waals surface area contributed by atoms with E-state index < -0.39 is 0 Å². The van der Waals surface area contributed by atoms with Crippen LogP contribution in [0.15, 0.2) is 48.5 Å². The smallest absolute Gasteiger partial charge is 0.0408 e. The third-order valence-electron chi connectivity index (χ3n) is 4.93. The van der Waals surface area contributed by atoms with Gasteiger partial charge in [-0.3, -0.25) is 0 Å². The average Bonchev–Trinajstić information content (AvgIpc) is 2.53. The van der Waals surface area contributed by atoms with E-state index in [0.717, 1.165) is 0 Å². The number of hydrogen-bond donors (Lipinski definition) is 0. The number of nitrogens with zero attached hydrogens (tertiary/aromatic N) is 1. The van der Waals surface area contributed by atoms with Gasteiger partial charge >= 0.3 is 0 Å². The fourth-order valence-corrected chi connectivity index (χ4v) is 2.72. The summed E-state index contributed by atoms with van der Waals surface area (Å²) in [7, 11) is 2.13. The molecule has 1 nitrogen and oxygen atoms in total. The number of rotatable bonds is 4. The van der Waals surface area contributed by atoms with E-state index in [4.69, 9.17) is 0 Å². The highest BCUT2D eigenvalue weighted by atomic mass is 15.1. The molecule has 0 aromatic heterocycles. The van der Waals surface area contributed by atoms with Gasteiger partial charge in [-0.15, -0.1) is 0 Å². The van der Waals surface area contributed by atoms with Crippen LogP contribution in [-0.4, -0.2) is 7.05 Å². The summed E-state index contributed by atoms with van der Waals surface area (Å²) in [6.07, 6.45) is 0. The predicted molar refractivity (Wildman–Crippen MR) is 103 cm³/mol. The molecule has 1 unspecified atom stereocenters. The quantitative estimate of drug-likeness (QED) is 0.622. The Kier molecular flexibility index (Phi) is 5.19. The summed E-state index contributed by atoms with van der Waals surface area (Å²) < 4.78 is 0. The minimum Gasteiger partial charge on any atom is -0.345 e. The first-order valence-corrected chi connectivity index (χ1v) is 8.64. The highest BCUT2D eigenvalue weighted by molar-refractivity contribution is 5.63. The lowest BCUT2D eigenvalue weighted by Gasteiger charge is -2.24. The summed E-state index contributed by atoms with van der Waals surface area (Å²) >= 11 is 0. The van der Waals surface area contributed by atoms with E-state index in [1.165, 1.54) is 22.5 Å². The van der Waals surface area contributed by atoms with E-state index in [1.54, 1.807) is 0 Å². The normalized spacial score (nSPS) is 13.2.